The average Bonchev–Trinajstić information content (AvgIpc) is 2.42. The highest BCUT2D eigenvalue weighted by atomic mass is 32.2. The molecule has 1 amide bonds. The number of hydrogen-bond donors (Lipinski definition) is 3. The van der Waals surface area contributed by atoms with Gasteiger partial charge < -0.3 is 4.98 Å². The van der Waals surface area contributed by atoms with Crippen molar-refractivity contribution in [2.24, 2.45) is 5.84 Å². The van der Waals surface area contributed by atoms with E-state index in [1.807, 2.05) is 0 Å². The summed E-state index contributed by atoms with van der Waals surface area (Å²) in [4.78, 5) is 29.5. The molecular weight excluding hydrogens is 276 g/mol. The highest BCUT2D eigenvalue weighted by Gasteiger charge is 2.02. The normalized spacial score (nSPS) is 10.5. The topological polar surface area (TPSA) is 101 Å². The highest BCUT2D eigenvalue weighted by molar-refractivity contribution is 7.99. The van der Waals surface area contributed by atoms with Crippen LogP contribution in [0.3, 0.4) is 0 Å². The van der Waals surface area contributed by atoms with Crippen LogP contribution in [0.2, 0.25) is 0 Å². The van der Waals surface area contributed by atoms with E-state index >= 15 is 0 Å². The van der Waals surface area contributed by atoms with E-state index in [2.05, 4.69) is 22.3 Å². The van der Waals surface area contributed by atoms with Crippen LogP contribution in [0.1, 0.15) is 44.7 Å². The van der Waals surface area contributed by atoms with E-state index in [0.29, 0.717) is 11.6 Å². The summed E-state index contributed by atoms with van der Waals surface area (Å²) >= 11 is 1.55. The van der Waals surface area contributed by atoms with Crippen LogP contribution in [-0.2, 0) is 11.2 Å². The second-order valence-corrected chi connectivity index (χ2v) is 5.60. The van der Waals surface area contributed by atoms with Gasteiger partial charge in [-0.2, -0.15) is 0 Å². The van der Waals surface area contributed by atoms with Crippen LogP contribution in [0.4, 0.5) is 0 Å². The quantitative estimate of drug-likeness (QED) is 0.160. The SMILES string of the molecule is CCCc1cc(=O)[nH]c(SCCCCCC(=O)NN)n1. The lowest BCUT2D eigenvalue weighted by atomic mass is 10.2. The van der Waals surface area contributed by atoms with E-state index in [-0.39, 0.29) is 11.5 Å². The number of carbonyl (C=O) groups is 1. The third-order valence-corrected chi connectivity index (χ3v) is 3.69. The molecule has 0 aliphatic carbocycles. The van der Waals surface area contributed by atoms with Crippen LogP contribution in [0, 0.1) is 0 Å². The molecule has 0 aromatic carbocycles. The van der Waals surface area contributed by atoms with Crippen molar-refractivity contribution in [3.05, 3.63) is 22.1 Å². The van der Waals surface area contributed by atoms with Gasteiger partial charge in [-0.25, -0.2) is 10.8 Å². The number of aromatic amines is 1. The number of aromatic nitrogens is 2. The second-order valence-electron chi connectivity index (χ2n) is 4.52. The molecule has 0 saturated carbocycles. The van der Waals surface area contributed by atoms with E-state index in [1.165, 1.54) is 0 Å². The van der Waals surface area contributed by atoms with E-state index < -0.39 is 0 Å². The number of amides is 1. The molecule has 0 bridgehead atoms. The molecule has 0 radical (unpaired) electrons. The van der Waals surface area contributed by atoms with Crippen LogP contribution in [-0.4, -0.2) is 21.6 Å². The van der Waals surface area contributed by atoms with Crippen molar-refractivity contribution in [2.75, 3.05) is 5.75 Å². The molecule has 7 heteroatoms. The fourth-order valence-corrected chi connectivity index (χ4v) is 2.64. The molecule has 4 N–H and O–H groups in total. The maximum Gasteiger partial charge on any atom is 0.251 e. The largest absolute Gasteiger partial charge is 0.301 e. The molecule has 6 nitrogen and oxygen atoms in total. The molecule has 0 fully saturated rings. The molecule has 0 aliphatic heterocycles. The molecule has 1 aromatic heterocycles. The Morgan fingerprint density at radius 2 is 2.25 bits per heavy atom. The van der Waals surface area contributed by atoms with Crippen molar-refractivity contribution >= 4 is 17.7 Å². The summed E-state index contributed by atoms with van der Waals surface area (Å²) in [5, 5.41) is 0.681. The molecule has 0 saturated heterocycles. The molecule has 0 atom stereocenters. The number of hydrazine groups is 1. The van der Waals surface area contributed by atoms with Crippen molar-refractivity contribution in [3.8, 4) is 0 Å². The van der Waals surface area contributed by atoms with Gasteiger partial charge >= 0.3 is 0 Å². The van der Waals surface area contributed by atoms with Crippen LogP contribution in [0.25, 0.3) is 0 Å². The van der Waals surface area contributed by atoms with Gasteiger partial charge in [0, 0.05) is 23.9 Å². The number of hydrogen-bond acceptors (Lipinski definition) is 5. The van der Waals surface area contributed by atoms with Gasteiger partial charge in [0.05, 0.1) is 0 Å². The van der Waals surface area contributed by atoms with Gasteiger partial charge in [-0.05, 0) is 19.3 Å². The third-order valence-electron chi connectivity index (χ3n) is 2.73. The summed E-state index contributed by atoms with van der Waals surface area (Å²) < 4.78 is 0. The zero-order valence-corrected chi connectivity index (χ0v) is 12.6. The average molecular weight is 298 g/mol. The maximum atomic E-state index is 11.5. The van der Waals surface area contributed by atoms with E-state index in [4.69, 9.17) is 5.84 Å². The number of rotatable bonds is 9. The zero-order valence-electron chi connectivity index (χ0n) is 11.8. The molecule has 1 aromatic rings. The molecule has 0 aliphatic rings. The van der Waals surface area contributed by atoms with E-state index in [9.17, 15) is 9.59 Å². The number of H-pyrrole nitrogens is 1. The summed E-state index contributed by atoms with van der Waals surface area (Å²) in [6, 6.07) is 1.55. The summed E-state index contributed by atoms with van der Waals surface area (Å²) in [5.41, 5.74) is 2.87. The fraction of sp³-hybridized carbons (Fsp3) is 0.615. The van der Waals surface area contributed by atoms with Crippen molar-refractivity contribution < 1.29 is 4.79 Å². The van der Waals surface area contributed by atoms with Crippen molar-refractivity contribution in [1.29, 1.82) is 0 Å². The van der Waals surface area contributed by atoms with Crippen LogP contribution >= 0.6 is 11.8 Å². The number of unbranched alkanes of at least 4 members (excludes halogenated alkanes) is 2. The first-order chi connectivity index (χ1) is 9.65. The minimum absolute atomic E-state index is 0.0921. The third kappa shape index (κ3) is 6.72. The Labute approximate surface area is 122 Å². The Balaban J connectivity index is 2.28. The Morgan fingerprint density at radius 1 is 1.45 bits per heavy atom. The summed E-state index contributed by atoms with van der Waals surface area (Å²) in [5.74, 6) is 5.75. The Kier molecular flexibility index (Phi) is 7.98. The van der Waals surface area contributed by atoms with Gasteiger partial charge in [-0.3, -0.25) is 15.0 Å². The first kappa shape index (κ1) is 16.7. The maximum absolute atomic E-state index is 11.5. The number of nitrogens with zero attached hydrogens (tertiary/aromatic N) is 1. The Bertz CT molecular complexity index is 476. The smallest absolute Gasteiger partial charge is 0.251 e. The predicted octanol–water partition coefficient (Wildman–Crippen LogP) is 1.36. The zero-order chi connectivity index (χ0) is 14.8. The lowest BCUT2D eigenvalue weighted by Gasteiger charge is -2.03. The molecule has 112 valence electrons. The van der Waals surface area contributed by atoms with Crippen LogP contribution < -0.4 is 16.8 Å². The standard InChI is InChI=1S/C13H22N4O2S/c1-2-6-10-9-12(19)16-13(15-10)20-8-5-3-4-7-11(18)17-14/h9H,2-8,14H2,1H3,(H,17,18)(H,15,16,19). The molecule has 1 rings (SSSR count). The van der Waals surface area contributed by atoms with E-state index in [0.717, 1.165) is 43.6 Å². The number of aryl methyl sites for hydroxylation is 1. The van der Waals surface area contributed by atoms with E-state index in [1.54, 1.807) is 17.8 Å². The number of carbonyl (C=O) groups excluding carboxylic acids is 1. The second kappa shape index (κ2) is 9.55. The van der Waals surface area contributed by atoms with Gasteiger partial charge in [-0.1, -0.05) is 31.5 Å². The number of nitrogens with one attached hydrogen (secondary N) is 2. The molecule has 1 heterocycles. The minimum Gasteiger partial charge on any atom is -0.301 e. The lowest BCUT2D eigenvalue weighted by molar-refractivity contribution is -0.121. The van der Waals surface area contributed by atoms with Crippen molar-refractivity contribution in [2.45, 2.75) is 50.6 Å². The van der Waals surface area contributed by atoms with Gasteiger partial charge in [0.15, 0.2) is 5.16 Å². The minimum atomic E-state index is -0.129. The molecule has 20 heavy (non-hydrogen) atoms. The van der Waals surface area contributed by atoms with Crippen LogP contribution in [0.5, 0.6) is 0 Å². The summed E-state index contributed by atoms with van der Waals surface area (Å²) in [6.45, 7) is 2.06. The van der Waals surface area contributed by atoms with Gasteiger partial charge in [0.1, 0.15) is 0 Å². The van der Waals surface area contributed by atoms with Crippen molar-refractivity contribution in [3.63, 3.8) is 0 Å². The van der Waals surface area contributed by atoms with Gasteiger partial charge in [0.2, 0.25) is 5.91 Å². The van der Waals surface area contributed by atoms with Gasteiger partial charge in [-0.15, -0.1) is 0 Å². The number of nitrogens with two attached hydrogens (primary N) is 1. The number of thioether (sulfide) groups is 1. The Morgan fingerprint density at radius 3 is 2.95 bits per heavy atom. The monoisotopic (exact) mass is 298 g/mol. The highest BCUT2D eigenvalue weighted by Crippen LogP contribution is 2.15. The predicted molar refractivity (Wildman–Crippen MR) is 80.4 cm³/mol. The van der Waals surface area contributed by atoms with Gasteiger partial charge in [0.25, 0.3) is 5.56 Å². The fourth-order valence-electron chi connectivity index (χ4n) is 1.74. The molecule has 0 unspecified atom stereocenters. The Hall–Kier alpha value is -1.34. The van der Waals surface area contributed by atoms with Crippen molar-refractivity contribution in [1.82, 2.24) is 15.4 Å². The first-order valence-corrected chi connectivity index (χ1v) is 7.86. The first-order valence-electron chi connectivity index (χ1n) is 6.88. The lowest BCUT2D eigenvalue weighted by Crippen LogP contribution is -2.29. The summed E-state index contributed by atoms with van der Waals surface area (Å²) in [7, 11) is 0. The summed E-state index contributed by atoms with van der Waals surface area (Å²) in [6.07, 6.45) is 5.02. The molecule has 0 spiro atoms. The molecular formula is C13H22N4O2S. The van der Waals surface area contributed by atoms with Crippen LogP contribution in [0.15, 0.2) is 16.0 Å².